The monoisotopic (exact) mass is 644 g/mol. The number of carbonyl (C=O) groups excluding carboxylic acids is 1. The van der Waals surface area contributed by atoms with Gasteiger partial charge in [-0.15, -0.1) is 0 Å². The smallest absolute Gasteiger partial charge is 0.339 e. The third kappa shape index (κ3) is 4.87. The fraction of sp³-hybridized carbons (Fsp3) is 0.452. The van der Waals surface area contributed by atoms with Gasteiger partial charge in [-0.05, 0) is 35.2 Å². The van der Waals surface area contributed by atoms with Gasteiger partial charge in [0.15, 0.2) is 35.4 Å². The number of aliphatic hydroxyl groups excluding tert-OH is 4. The molecule has 7 unspecified atom stereocenters. The van der Waals surface area contributed by atoms with Crippen LogP contribution in [0.2, 0.25) is 0 Å². The Kier molecular flexibility index (Phi) is 7.81. The molecule has 4 aliphatic heterocycles. The Balaban J connectivity index is 1.37. The molecule has 0 saturated carbocycles. The van der Waals surface area contributed by atoms with Crippen LogP contribution >= 0.6 is 0 Å². The summed E-state index contributed by atoms with van der Waals surface area (Å²) >= 11 is 0. The lowest BCUT2D eigenvalue weighted by atomic mass is 9.89. The molecule has 2 fully saturated rings. The second-order valence-corrected chi connectivity index (χ2v) is 11.3. The lowest BCUT2D eigenvalue weighted by Gasteiger charge is -2.38. The molecule has 5 N–H and O–H groups in total. The van der Waals surface area contributed by atoms with Crippen LogP contribution in [0.1, 0.15) is 15.9 Å². The van der Waals surface area contributed by atoms with E-state index < -0.39 is 61.8 Å². The summed E-state index contributed by atoms with van der Waals surface area (Å²) in [4.78, 5) is 13.4. The van der Waals surface area contributed by atoms with E-state index in [-0.39, 0.29) is 31.3 Å². The topological polar surface area (TPSA) is 201 Å². The lowest BCUT2D eigenvalue weighted by Crippen LogP contribution is -2.58. The van der Waals surface area contributed by atoms with Crippen molar-refractivity contribution in [2.75, 3.05) is 40.8 Å². The Morgan fingerprint density at radius 1 is 0.891 bits per heavy atom. The largest absolute Gasteiger partial charge is 0.493 e. The highest BCUT2D eigenvalue weighted by Gasteiger charge is 2.54. The fourth-order valence-corrected chi connectivity index (χ4v) is 6.13. The van der Waals surface area contributed by atoms with Crippen molar-refractivity contribution in [1.29, 1.82) is 0 Å². The molecule has 0 bridgehead atoms. The van der Waals surface area contributed by atoms with E-state index in [1.165, 1.54) is 14.2 Å². The molecule has 7 rings (SSSR count). The first-order valence-corrected chi connectivity index (χ1v) is 14.4. The molecule has 7 atom stereocenters. The molecule has 0 aromatic heterocycles. The van der Waals surface area contributed by atoms with Crippen LogP contribution in [-0.2, 0) is 25.6 Å². The standard InChI is InChI=1S/C31H32O15/c1-38-19-6-14-15(7-20(19)39-2)26(16-8-40-28(36)23(16)22(14)13-3-4-18-21(5-13)44-12-43-18)45-30-27(31(37,10-32)11-42-30)46-29-25(35)24(34)17(33)9-41-29/h3-7,17,24-25,27,29-30,32-35,37H,8-12H2,1-2H3. The number of methoxy groups -OCH3 is 2. The van der Waals surface area contributed by atoms with Crippen LogP contribution in [0.25, 0.3) is 21.9 Å². The molecule has 46 heavy (non-hydrogen) atoms. The molecule has 0 spiro atoms. The van der Waals surface area contributed by atoms with E-state index in [1.54, 1.807) is 30.3 Å². The van der Waals surface area contributed by atoms with Crippen molar-refractivity contribution >= 4 is 16.7 Å². The molecular formula is C31H32O15. The molecule has 15 nitrogen and oxygen atoms in total. The number of ether oxygens (including phenoxy) is 9. The zero-order valence-corrected chi connectivity index (χ0v) is 24.7. The van der Waals surface area contributed by atoms with Crippen molar-refractivity contribution < 1.29 is 73.0 Å². The van der Waals surface area contributed by atoms with Crippen LogP contribution in [0.15, 0.2) is 30.3 Å². The van der Waals surface area contributed by atoms with Crippen molar-refractivity contribution in [3.05, 3.63) is 41.5 Å². The van der Waals surface area contributed by atoms with E-state index in [1.807, 2.05) is 0 Å². The van der Waals surface area contributed by atoms with E-state index >= 15 is 0 Å². The molecule has 3 aromatic carbocycles. The van der Waals surface area contributed by atoms with Gasteiger partial charge in [-0.3, -0.25) is 0 Å². The number of esters is 1. The number of cyclic esters (lactones) is 1. The number of benzene rings is 3. The number of carbonyl (C=O) groups is 1. The summed E-state index contributed by atoms with van der Waals surface area (Å²) < 4.78 is 51.2. The quantitative estimate of drug-likeness (QED) is 0.208. The van der Waals surface area contributed by atoms with E-state index in [9.17, 15) is 30.3 Å². The summed E-state index contributed by atoms with van der Waals surface area (Å²) in [6.07, 6.45) is -9.06. The van der Waals surface area contributed by atoms with E-state index in [4.69, 9.17) is 42.6 Å². The summed E-state index contributed by atoms with van der Waals surface area (Å²) in [6.45, 7) is -1.72. The highest BCUT2D eigenvalue weighted by molar-refractivity contribution is 6.14. The zero-order valence-electron chi connectivity index (χ0n) is 24.7. The van der Waals surface area contributed by atoms with Gasteiger partial charge in [0.25, 0.3) is 0 Å². The van der Waals surface area contributed by atoms with Gasteiger partial charge in [0, 0.05) is 16.5 Å². The highest BCUT2D eigenvalue weighted by Crippen LogP contribution is 2.50. The maximum Gasteiger partial charge on any atom is 0.339 e. The Bertz CT molecular complexity index is 1680. The number of fused-ring (bicyclic) bond motifs is 3. The third-order valence-electron chi connectivity index (χ3n) is 8.59. The minimum absolute atomic E-state index is 0.0603. The maximum absolute atomic E-state index is 13.4. The minimum Gasteiger partial charge on any atom is -0.493 e. The number of hydrogen-bond donors (Lipinski definition) is 5. The molecule has 4 aliphatic rings. The molecule has 4 heterocycles. The average molecular weight is 645 g/mol. The second kappa shape index (κ2) is 11.7. The molecule has 0 radical (unpaired) electrons. The van der Waals surface area contributed by atoms with Crippen molar-refractivity contribution in [2.24, 2.45) is 0 Å². The molecule has 15 heteroatoms. The van der Waals surface area contributed by atoms with Gasteiger partial charge in [-0.2, -0.15) is 0 Å². The van der Waals surface area contributed by atoms with Crippen molar-refractivity contribution in [3.8, 4) is 39.9 Å². The van der Waals surface area contributed by atoms with Crippen molar-refractivity contribution in [3.63, 3.8) is 0 Å². The Labute approximate surface area is 261 Å². The molecule has 2 saturated heterocycles. The Morgan fingerprint density at radius 3 is 2.37 bits per heavy atom. The molecule has 3 aromatic rings. The predicted molar refractivity (Wildman–Crippen MR) is 153 cm³/mol. The summed E-state index contributed by atoms with van der Waals surface area (Å²) in [5.74, 6) is 1.30. The van der Waals surface area contributed by atoms with Gasteiger partial charge in [-0.1, -0.05) is 6.07 Å². The van der Waals surface area contributed by atoms with Crippen molar-refractivity contribution in [1.82, 2.24) is 0 Å². The lowest BCUT2D eigenvalue weighted by molar-refractivity contribution is -0.306. The molecule has 246 valence electrons. The second-order valence-electron chi connectivity index (χ2n) is 11.3. The number of hydrogen-bond acceptors (Lipinski definition) is 15. The van der Waals surface area contributed by atoms with Crippen LogP contribution in [0.4, 0.5) is 0 Å². The summed E-state index contributed by atoms with van der Waals surface area (Å²) in [7, 11) is 2.94. The van der Waals surface area contributed by atoms with Gasteiger partial charge >= 0.3 is 5.97 Å². The van der Waals surface area contributed by atoms with Crippen molar-refractivity contribution in [2.45, 2.75) is 49.2 Å². The molecular weight excluding hydrogens is 612 g/mol. The number of rotatable bonds is 8. The first-order chi connectivity index (χ1) is 22.2. The van der Waals surface area contributed by atoms with Crippen LogP contribution in [0.3, 0.4) is 0 Å². The minimum atomic E-state index is -2.02. The van der Waals surface area contributed by atoms with Gasteiger partial charge < -0.3 is 68.2 Å². The van der Waals surface area contributed by atoms with E-state index in [0.29, 0.717) is 50.5 Å². The SMILES string of the molecule is COc1cc2c(OC3OCC(O)(CO)C3OC3OCC(O)C(O)C3O)c3c(c(-c4ccc5c(c4)OCO5)c2cc1OC)C(=O)OC3. The molecule has 0 aliphatic carbocycles. The third-order valence-corrected chi connectivity index (χ3v) is 8.59. The van der Waals surface area contributed by atoms with Crippen LogP contribution < -0.4 is 23.7 Å². The van der Waals surface area contributed by atoms with E-state index in [0.717, 1.165) is 0 Å². The highest BCUT2D eigenvalue weighted by atomic mass is 16.8. The van der Waals surface area contributed by atoms with Gasteiger partial charge in [0.05, 0.1) is 39.6 Å². The number of aliphatic hydroxyl groups is 5. The normalized spacial score (nSPS) is 29.9. The Hall–Kier alpha value is -3.93. The fourth-order valence-electron chi connectivity index (χ4n) is 6.13. The summed E-state index contributed by atoms with van der Waals surface area (Å²) in [5, 5.41) is 52.9. The van der Waals surface area contributed by atoms with Crippen LogP contribution in [0, 0.1) is 0 Å². The summed E-state index contributed by atoms with van der Waals surface area (Å²) in [5.41, 5.74) is -0.304. The first kappa shape index (κ1) is 30.7. The van der Waals surface area contributed by atoms with Gasteiger partial charge in [0.2, 0.25) is 13.1 Å². The van der Waals surface area contributed by atoms with Gasteiger partial charge in [-0.25, -0.2) is 4.79 Å². The zero-order chi connectivity index (χ0) is 32.3. The Morgan fingerprint density at radius 2 is 1.63 bits per heavy atom. The van der Waals surface area contributed by atoms with Crippen LogP contribution in [-0.4, -0.2) is 115 Å². The average Bonchev–Trinajstić information content (AvgIpc) is 3.78. The first-order valence-electron chi connectivity index (χ1n) is 14.4. The van der Waals surface area contributed by atoms with E-state index in [2.05, 4.69) is 0 Å². The van der Waals surface area contributed by atoms with Gasteiger partial charge in [0.1, 0.15) is 36.3 Å². The van der Waals surface area contributed by atoms with Crippen LogP contribution in [0.5, 0.6) is 28.7 Å². The maximum atomic E-state index is 13.4. The predicted octanol–water partition coefficient (Wildman–Crippen LogP) is 0.206. The molecule has 0 amide bonds. The summed E-state index contributed by atoms with van der Waals surface area (Å²) in [6, 6.07) is 8.64.